The molecule has 0 saturated heterocycles. The number of hydrogen-bond acceptors (Lipinski definition) is 16. The van der Waals surface area contributed by atoms with Gasteiger partial charge >= 0.3 is 11.9 Å². The topological polar surface area (TPSA) is 277 Å². The van der Waals surface area contributed by atoms with Crippen LogP contribution in [0, 0.1) is 17.5 Å². The lowest BCUT2D eigenvalue weighted by Gasteiger charge is -2.26. The third-order valence-corrected chi connectivity index (χ3v) is 19.7. The average Bonchev–Trinajstić information content (AvgIpc) is 3.64. The number of carbonyl (C=O) groups excluding carboxylic acids is 4. The van der Waals surface area contributed by atoms with E-state index in [2.05, 4.69) is 26.4 Å². The highest BCUT2D eigenvalue weighted by Crippen LogP contribution is 2.37. The Kier molecular flexibility index (Phi) is 27.3. The molecule has 0 unspecified atom stereocenters. The maximum Gasteiger partial charge on any atom is 0.371 e. The predicted octanol–water partition coefficient (Wildman–Crippen LogP) is 8.01. The largest absolute Gasteiger partial charge is 0.465 e. The standard InChI is InChI=1S/C21H24FNO4S.C20H23FN2O3S.C17H18FNO2S.C4H6O3.CH5N/c1-2-27-21(24)14-23-13-16-6-3-5-15-11-19(9-10-20(15)16)28(25,26)18-8-4-7-17(22)12-18;1-22-20(24)13-23-12-15-5-2-4-14-10-18(8-9-19(14)15)27(25,26)17-7-3-6-16(21)11-17;18-14-5-2-6-15(10-14)22(20,21)16-7-8-17-12(9-16)3-1-4-13(17)11-19;1-2-7-4(6)3-5;1-2/h4,7-12,16,23H,2-3,5-6,13-14H2,1H3;3,6-11,15,23H,2,4-5,12-13H2,1H3,(H,22,24);2,5-10,13H,1,3-4,11,19H2;3H,2H2,1H3;2H2,1H3/t16-;15-;13-;;/m000../s1. The minimum absolute atomic E-state index is 0.0152. The van der Waals surface area contributed by atoms with Crippen molar-refractivity contribution >= 4 is 53.6 Å². The molecule has 9 rings (SSSR count). The second kappa shape index (κ2) is 33.7. The Balaban J connectivity index is 0.000000221. The van der Waals surface area contributed by atoms with Gasteiger partial charge in [-0.1, -0.05) is 36.4 Å². The molecule has 0 heterocycles. The van der Waals surface area contributed by atoms with Crippen LogP contribution < -0.4 is 27.4 Å². The molecule has 7 N–H and O–H groups in total. The first-order chi connectivity index (χ1) is 41.2. The van der Waals surface area contributed by atoms with Crippen LogP contribution in [0.5, 0.6) is 0 Å². The molecule has 0 fully saturated rings. The van der Waals surface area contributed by atoms with Crippen LogP contribution in [0.4, 0.5) is 13.2 Å². The summed E-state index contributed by atoms with van der Waals surface area (Å²) in [5.41, 5.74) is 16.7. The summed E-state index contributed by atoms with van der Waals surface area (Å²) in [6.07, 6.45) is 8.54. The molecule has 0 radical (unpaired) electrons. The van der Waals surface area contributed by atoms with Gasteiger partial charge in [-0.3, -0.25) is 14.4 Å². The fourth-order valence-electron chi connectivity index (χ4n) is 10.3. The van der Waals surface area contributed by atoms with Crippen LogP contribution >= 0.6 is 0 Å². The lowest BCUT2D eigenvalue weighted by atomic mass is 9.83. The van der Waals surface area contributed by atoms with Crippen LogP contribution in [0.3, 0.4) is 0 Å². The van der Waals surface area contributed by atoms with Gasteiger partial charge in [0.2, 0.25) is 41.7 Å². The number of halogens is 3. The smallest absolute Gasteiger partial charge is 0.371 e. The Labute approximate surface area is 502 Å². The number of hydrogen-bond donors (Lipinski definition) is 5. The number of aryl methyl sites for hydroxylation is 3. The van der Waals surface area contributed by atoms with Gasteiger partial charge in [0.15, 0.2) is 0 Å². The summed E-state index contributed by atoms with van der Waals surface area (Å²) < 4.78 is 126. The van der Waals surface area contributed by atoms with E-state index in [0.717, 1.165) is 109 Å². The highest BCUT2D eigenvalue weighted by Gasteiger charge is 2.28. The van der Waals surface area contributed by atoms with E-state index in [9.17, 15) is 57.6 Å². The molecule has 86 heavy (non-hydrogen) atoms. The number of aldehydes is 1. The van der Waals surface area contributed by atoms with Gasteiger partial charge in [0.1, 0.15) is 17.5 Å². The minimum atomic E-state index is -3.76. The molecule has 17 nitrogen and oxygen atoms in total. The summed E-state index contributed by atoms with van der Waals surface area (Å²) in [7, 11) is -8.11. The van der Waals surface area contributed by atoms with Gasteiger partial charge in [0, 0.05) is 20.1 Å². The monoisotopic (exact) mass is 1250 g/mol. The van der Waals surface area contributed by atoms with Crippen molar-refractivity contribution in [2.45, 2.75) is 119 Å². The van der Waals surface area contributed by atoms with Gasteiger partial charge < -0.3 is 36.9 Å². The fraction of sp³-hybridized carbons (Fsp3) is 0.365. The number of carbonyl (C=O) groups is 4. The van der Waals surface area contributed by atoms with Gasteiger partial charge in [0.25, 0.3) is 0 Å². The van der Waals surface area contributed by atoms with Crippen LogP contribution in [0.2, 0.25) is 0 Å². The molecule has 0 spiro atoms. The Morgan fingerprint density at radius 3 is 1.20 bits per heavy atom. The van der Waals surface area contributed by atoms with E-state index in [-0.39, 0.29) is 79.1 Å². The molecule has 23 heteroatoms. The molecule has 464 valence electrons. The number of benzene rings is 6. The summed E-state index contributed by atoms with van der Waals surface area (Å²) in [5.74, 6) is -2.10. The molecule has 6 aromatic carbocycles. The number of nitrogens with one attached hydrogen (secondary N) is 3. The van der Waals surface area contributed by atoms with Crippen molar-refractivity contribution in [1.82, 2.24) is 16.0 Å². The van der Waals surface area contributed by atoms with Crippen LogP contribution in [0.25, 0.3) is 0 Å². The molecule has 0 saturated carbocycles. The molecule has 6 aromatic rings. The Hall–Kier alpha value is -7.12. The molecular formula is C63H76F3N5O12S3. The van der Waals surface area contributed by atoms with E-state index in [1.807, 2.05) is 18.2 Å². The first-order valence-electron chi connectivity index (χ1n) is 28.2. The zero-order valence-electron chi connectivity index (χ0n) is 48.7. The number of likely N-dealkylation sites (N-methyl/N-ethyl adjacent to an activating group) is 1. The molecule has 3 atom stereocenters. The van der Waals surface area contributed by atoms with Gasteiger partial charge in [-0.15, -0.1) is 0 Å². The van der Waals surface area contributed by atoms with Crippen molar-refractivity contribution < 1.29 is 67.1 Å². The minimum Gasteiger partial charge on any atom is -0.465 e. The van der Waals surface area contributed by atoms with E-state index in [1.165, 1.54) is 61.6 Å². The van der Waals surface area contributed by atoms with Crippen molar-refractivity contribution in [3.8, 4) is 0 Å². The summed E-state index contributed by atoms with van der Waals surface area (Å²) in [6.45, 7) is 6.31. The van der Waals surface area contributed by atoms with Crippen molar-refractivity contribution in [2.24, 2.45) is 11.5 Å². The van der Waals surface area contributed by atoms with Crippen molar-refractivity contribution in [3.63, 3.8) is 0 Å². The molecule has 0 aliphatic heterocycles. The summed E-state index contributed by atoms with van der Waals surface area (Å²) >= 11 is 0. The van der Waals surface area contributed by atoms with Crippen molar-refractivity contribution in [3.05, 3.63) is 178 Å². The van der Waals surface area contributed by atoms with Crippen LogP contribution in [-0.2, 0) is 77.4 Å². The van der Waals surface area contributed by atoms with E-state index in [0.29, 0.717) is 32.2 Å². The van der Waals surface area contributed by atoms with Crippen molar-refractivity contribution in [1.29, 1.82) is 0 Å². The maximum atomic E-state index is 13.5. The SMILES string of the molecule is CCOC(=O)C=O.CCOC(=O)CNC[C@@H]1CCCc2cc(S(=O)(=O)c3cccc(F)c3)ccc21.CN.CNC(=O)CNC[C@@H]1CCCc2cc(S(=O)(=O)c3cccc(F)c3)ccc21.NC[C@@H]1CCCc2cc(S(=O)(=O)c3cccc(F)c3)ccc21. The van der Waals surface area contributed by atoms with Crippen LogP contribution in [0.15, 0.2) is 157 Å². The number of fused-ring (bicyclic) bond motifs is 3. The van der Waals surface area contributed by atoms with Crippen LogP contribution in [0.1, 0.15) is 104 Å². The van der Waals surface area contributed by atoms with E-state index in [1.54, 1.807) is 57.3 Å². The van der Waals surface area contributed by atoms with Crippen molar-refractivity contribution in [2.75, 3.05) is 60.0 Å². The Morgan fingerprint density at radius 2 is 0.872 bits per heavy atom. The normalized spacial score (nSPS) is 15.8. The number of amides is 1. The lowest BCUT2D eigenvalue weighted by Crippen LogP contribution is -2.34. The third kappa shape index (κ3) is 19.2. The van der Waals surface area contributed by atoms with Gasteiger partial charge in [-0.25, -0.2) is 43.2 Å². The molecule has 0 bridgehead atoms. The number of ether oxygens (including phenoxy) is 2. The highest BCUT2D eigenvalue weighted by atomic mass is 32.2. The fourth-order valence-corrected chi connectivity index (χ4v) is 14.4. The van der Waals surface area contributed by atoms with Gasteiger partial charge in [-0.2, -0.15) is 0 Å². The van der Waals surface area contributed by atoms with Gasteiger partial charge in [-0.05, 0) is 227 Å². The second-order valence-corrected chi connectivity index (χ2v) is 25.9. The number of nitrogens with two attached hydrogens (primary N) is 2. The van der Waals surface area contributed by atoms with E-state index < -0.39 is 52.9 Å². The third-order valence-electron chi connectivity index (χ3n) is 14.5. The summed E-state index contributed by atoms with van der Waals surface area (Å²) in [5, 5.41) is 8.85. The highest BCUT2D eigenvalue weighted by molar-refractivity contribution is 7.92. The quantitative estimate of drug-likeness (QED) is 0.0310. The average molecular weight is 1250 g/mol. The first kappa shape index (κ1) is 69.6. The first-order valence-corrected chi connectivity index (χ1v) is 32.7. The van der Waals surface area contributed by atoms with Crippen LogP contribution in [-0.4, -0.2) is 109 Å². The Morgan fingerprint density at radius 1 is 0.523 bits per heavy atom. The number of sulfone groups is 3. The maximum absolute atomic E-state index is 13.5. The molecule has 3 aliphatic rings. The number of rotatable bonds is 18. The summed E-state index contributed by atoms with van der Waals surface area (Å²) in [4.78, 5) is 42.5. The zero-order valence-corrected chi connectivity index (χ0v) is 51.1. The summed E-state index contributed by atoms with van der Waals surface area (Å²) in [6, 6.07) is 30.7. The zero-order chi connectivity index (χ0) is 63.0. The number of esters is 2. The van der Waals surface area contributed by atoms with E-state index >= 15 is 0 Å². The molecule has 3 aliphatic carbocycles. The van der Waals surface area contributed by atoms with E-state index in [4.69, 9.17) is 10.5 Å². The predicted molar refractivity (Wildman–Crippen MR) is 320 cm³/mol. The molecular weight excluding hydrogens is 1170 g/mol. The molecule has 1 amide bonds. The Bertz CT molecular complexity index is 3630. The van der Waals surface area contributed by atoms with Gasteiger partial charge in [0.05, 0.1) is 55.7 Å². The molecule has 0 aromatic heterocycles. The second-order valence-electron chi connectivity index (χ2n) is 20.1. The lowest BCUT2D eigenvalue weighted by molar-refractivity contribution is -0.148.